The predicted molar refractivity (Wildman–Crippen MR) is 85.8 cm³/mol. The first-order valence-corrected chi connectivity index (χ1v) is 8.46. The van der Waals surface area contributed by atoms with E-state index in [2.05, 4.69) is 17.1 Å². The van der Waals surface area contributed by atoms with Crippen LogP contribution in [0.25, 0.3) is 0 Å². The smallest absolute Gasteiger partial charge is 0.251 e. The highest BCUT2D eigenvalue weighted by Gasteiger charge is 2.34. The minimum Gasteiger partial charge on any atom is -0.365 e. The number of carbonyl (C=O) groups excluding carboxylic acids is 1. The molecule has 2 saturated heterocycles. The summed E-state index contributed by atoms with van der Waals surface area (Å²) in [5, 5.41) is 3.63. The largest absolute Gasteiger partial charge is 0.365 e. The molecule has 122 valence electrons. The van der Waals surface area contributed by atoms with Crippen molar-refractivity contribution in [2.24, 2.45) is 0 Å². The molecule has 1 N–H and O–H groups in total. The summed E-state index contributed by atoms with van der Waals surface area (Å²) in [6.07, 6.45) is 9.29. The number of carbonyl (C=O) groups is 1. The highest BCUT2D eigenvalue weighted by atomic mass is 35.5. The number of ether oxygens (including phenoxy) is 1. The molecule has 0 aromatic heterocycles. The first-order chi connectivity index (χ1) is 9.76. The minimum atomic E-state index is -0.213. The van der Waals surface area contributed by atoms with E-state index in [0.717, 1.165) is 38.8 Å². The average molecular weight is 317 g/mol. The molecular weight excluding hydrogens is 288 g/mol. The van der Waals surface area contributed by atoms with Gasteiger partial charge in [-0.25, -0.2) is 0 Å². The topological polar surface area (TPSA) is 41.6 Å². The van der Waals surface area contributed by atoms with E-state index >= 15 is 0 Å². The zero-order valence-electron chi connectivity index (χ0n) is 13.1. The number of nitrogens with one attached hydrogen (secondary N) is 1. The molecule has 5 heteroatoms. The number of hydrogen-bond donors (Lipinski definition) is 1. The molecule has 3 fully saturated rings. The summed E-state index contributed by atoms with van der Waals surface area (Å²) in [7, 11) is 0. The van der Waals surface area contributed by atoms with Crippen molar-refractivity contribution in [3.63, 3.8) is 0 Å². The molecule has 2 aliphatic heterocycles. The number of rotatable bonds is 4. The molecule has 4 nitrogen and oxygen atoms in total. The number of hydrogen-bond acceptors (Lipinski definition) is 3. The van der Waals surface area contributed by atoms with E-state index in [9.17, 15) is 4.79 Å². The lowest BCUT2D eigenvalue weighted by atomic mass is 10.1. The standard InChI is InChI=1S/C16H28N2O2.ClH/c1-2-15(20-14-5-3-4-6-14)16(19)18-10-9-12-7-8-13(11-18)17-12;/h12-15,17H,2-11H2,1H3;1H. The summed E-state index contributed by atoms with van der Waals surface area (Å²) >= 11 is 0. The first kappa shape index (κ1) is 17.0. The second kappa shape index (κ2) is 7.80. The number of halogens is 1. The van der Waals surface area contributed by atoms with Crippen molar-refractivity contribution in [1.82, 2.24) is 10.2 Å². The summed E-state index contributed by atoms with van der Waals surface area (Å²) < 4.78 is 6.08. The fraction of sp³-hybridized carbons (Fsp3) is 0.938. The fourth-order valence-electron chi connectivity index (χ4n) is 3.93. The van der Waals surface area contributed by atoms with E-state index in [1.54, 1.807) is 0 Å². The van der Waals surface area contributed by atoms with Crippen LogP contribution in [0.3, 0.4) is 0 Å². The Kier molecular flexibility index (Phi) is 6.33. The van der Waals surface area contributed by atoms with Gasteiger partial charge in [0.2, 0.25) is 0 Å². The molecule has 3 aliphatic rings. The highest BCUT2D eigenvalue weighted by Crippen LogP contribution is 2.25. The maximum absolute atomic E-state index is 12.7. The molecule has 3 unspecified atom stereocenters. The maximum atomic E-state index is 12.7. The molecule has 2 bridgehead atoms. The Bertz CT molecular complexity index is 347. The van der Waals surface area contributed by atoms with E-state index in [4.69, 9.17) is 4.74 Å². The van der Waals surface area contributed by atoms with Gasteiger partial charge in [-0.3, -0.25) is 4.79 Å². The number of nitrogens with zero attached hydrogens (tertiary/aromatic N) is 1. The summed E-state index contributed by atoms with van der Waals surface area (Å²) in [6, 6.07) is 1.14. The molecule has 1 saturated carbocycles. The van der Waals surface area contributed by atoms with Crippen LogP contribution in [0.15, 0.2) is 0 Å². The maximum Gasteiger partial charge on any atom is 0.251 e. The second-order valence-corrected chi connectivity index (χ2v) is 6.65. The zero-order valence-corrected chi connectivity index (χ0v) is 13.9. The Hall–Kier alpha value is -0.320. The molecule has 0 aromatic rings. The average Bonchev–Trinajstić information content (AvgIpc) is 3.05. The van der Waals surface area contributed by atoms with Crippen molar-refractivity contribution >= 4 is 18.3 Å². The van der Waals surface area contributed by atoms with Crippen LogP contribution < -0.4 is 5.32 Å². The van der Waals surface area contributed by atoms with Gasteiger partial charge in [0.1, 0.15) is 6.10 Å². The summed E-state index contributed by atoms with van der Waals surface area (Å²) in [4.78, 5) is 14.8. The lowest BCUT2D eigenvalue weighted by molar-refractivity contribution is -0.148. The van der Waals surface area contributed by atoms with Gasteiger partial charge in [-0.15, -0.1) is 12.4 Å². The molecular formula is C16H29ClN2O2. The predicted octanol–water partition coefficient (Wildman–Crippen LogP) is 2.50. The molecule has 3 rings (SSSR count). The van der Waals surface area contributed by atoms with Crippen molar-refractivity contribution in [3.8, 4) is 0 Å². The third kappa shape index (κ3) is 4.11. The van der Waals surface area contributed by atoms with Crippen LogP contribution in [0.5, 0.6) is 0 Å². The van der Waals surface area contributed by atoms with Gasteiger partial charge in [-0.1, -0.05) is 19.8 Å². The third-order valence-electron chi connectivity index (χ3n) is 5.14. The van der Waals surface area contributed by atoms with Gasteiger partial charge >= 0.3 is 0 Å². The minimum absolute atomic E-state index is 0. The molecule has 0 spiro atoms. The quantitative estimate of drug-likeness (QED) is 0.866. The summed E-state index contributed by atoms with van der Waals surface area (Å²) in [5.41, 5.74) is 0. The van der Waals surface area contributed by atoms with Crippen molar-refractivity contribution in [3.05, 3.63) is 0 Å². The SMILES string of the molecule is CCC(OC1CCCC1)C(=O)N1CCC2CCC(C1)N2.Cl. The van der Waals surface area contributed by atoms with Crippen LogP contribution in [0.1, 0.15) is 58.3 Å². The van der Waals surface area contributed by atoms with E-state index in [1.165, 1.54) is 25.7 Å². The van der Waals surface area contributed by atoms with Gasteiger partial charge in [0.25, 0.3) is 5.91 Å². The Labute approximate surface area is 134 Å². The van der Waals surface area contributed by atoms with Crippen LogP contribution in [-0.2, 0) is 9.53 Å². The summed E-state index contributed by atoms with van der Waals surface area (Å²) in [5.74, 6) is 0.230. The Balaban J connectivity index is 0.00000161. The van der Waals surface area contributed by atoms with Crippen LogP contribution in [0, 0.1) is 0 Å². The zero-order chi connectivity index (χ0) is 13.9. The highest BCUT2D eigenvalue weighted by molar-refractivity contribution is 5.85. The molecule has 0 aromatic carbocycles. The van der Waals surface area contributed by atoms with Crippen molar-refractivity contribution in [2.75, 3.05) is 13.1 Å². The number of amides is 1. The second-order valence-electron chi connectivity index (χ2n) is 6.65. The Morgan fingerprint density at radius 1 is 1.19 bits per heavy atom. The molecule has 1 aliphatic carbocycles. The molecule has 1 amide bonds. The lowest BCUT2D eigenvalue weighted by Gasteiger charge is -2.29. The number of likely N-dealkylation sites (tertiary alicyclic amines) is 1. The van der Waals surface area contributed by atoms with E-state index in [-0.39, 0.29) is 24.4 Å². The molecule has 0 radical (unpaired) electrons. The van der Waals surface area contributed by atoms with Crippen LogP contribution in [0.4, 0.5) is 0 Å². The van der Waals surface area contributed by atoms with Crippen molar-refractivity contribution < 1.29 is 9.53 Å². The molecule has 21 heavy (non-hydrogen) atoms. The Morgan fingerprint density at radius 2 is 1.90 bits per heavy atom. The van der Waals surface area contributed by atoms with E-state index in [1.807, 2.05) is 0 Å². The Morgan fingerprint density at radius 3 is 2.62 bits per heavy atom. The lowest BCUT2D eigenvalue weighted by Crippen LogP contribution is -2.45. The fourth-order valence-corrected chi connectivity index (χ4v) is 3.93. The van der Waals surface area contributed by atoms with Gasteiger partial charge in [0.15, 0.2) is 0 Å². The van der Waals surface area contributed by atoms with Crippen LogP contribution in [-0.4, -0.2) is 48.2 Å². The molecule has 3 atom stereocenters. The van der Waals surface area contributed by atoms with Crippen LogP contribution in [0.2, 0.25) is 0 Å². The molecule has 2 heterocycles. The van der Waals surface area contributed by atoms with Gasteiger partial charge in [-0.05, 0) is 38.5 Å². The van der Waals surface area contributed by atoms with Gasteiger partial charge in [-0.2, -0.15) is 0 Å². The normalized spacial score (nSPS) is 30.8. The van der Waals surface area contributed by atoms with Gasteiger partial charge < -0.3 is 15.0 Å². The number of fused-ring (bicyclic) bond motifs is 2. The van der Waals surface area contributed by atoms with Gasteiger partial charge in [0.05, 0.1) is 6.10 Å². The summed E-state index contributed by atoms with van der Waals surface area (Å²) in [6.45, 7) is 3.84. The van der Waals surface area contributed by atoms with E-state index < -0.39 is 0 Å². The van der Waals surface area contributed by atoms with Crippen LogP contribution >= 0.6 is 12.4 Å². The van der Waals surface area contributed by atoms with Crippen molar-refractivity contribution in [2.45, 2.75) is 82.6 Å². The first-order valence-electron chi connectivity index (χ1n) is 8.46. The van der Waals surface area contributed by atoms with Gasteiger partial charge in [0, 0.05) is 25.2 Å². The monoisotopic (exact) mass is 316 g/mol. The van der Waals surface area contributed by atoms with Crippen molar-refractivity contribution in [1.29, 1.82) is 0 Å². The third-order valence-corrected chi connectivity index (χ3v) is 5.14. The van der Waals surface area contributed by atoms with E-state index in [0.29, 0.717) is 18.2 Å².